The molecule has 0 aliphatic carbocycles. The van der Waals surface area contributed by atoms with Crippen molar-refractivity contribution >= 4 is 33.4 Å². The van der Waals surface area contributed by atoms with E-state index in [1.807, 2.05) is 25.1 Å². The van der Waals surface area contributed by atoms with E-state index >= 15 is 0 Å². The van der Waals surface area contributed by atoms with Gasteiger partial charge in [-0.15, -0.1) is 0 Å². The molecule has 0 radical (unpaired) electrons. The Hall–Kier alpha value is -2.38. The molecular weight excluding hydrogens is 412 g/mol. The van der Waals surface area contributed by atoms with E-state index < -0.39 is 0 Å². The number of carbonyl (C=O) groups excluding carboxylic acids is 2. The van der Waals surface area contributed by atoms with Gasteiger partial charge < -0.3 is 19.7 Å². The van der Waals surface area contributed by atoms with Crippen molar-refractivity contribution in [1.82, 2.24) is 4.90 Å². The van der Waals surface area contributed by atoms with Crippen LogP contribution in [0.2, 0.25) is 0 Å². The van der Waals surface area contributed by atoms with Gasteiger partial charge in [0.05, 0.1) is 17.7 Å². The van der Waals surface area contributed by atoms with Crippen molar-refractivity contribution in [2.75, 3.05) is 38.2 Å². The SMILES string of the molecule is Cc1ccc(OCC(=O)Nc2ccc(C(=O)N3CCOCC3)cc2)c(Br)c1. The summed E-state index contributed by atoms with van der Waals surface area (Å²) < 4.78 is 11.6. The number of hydrogen-bond acceptors (Lipinski definition) is 4. The molecule has 2 aromatic rings. The highest BCUT2D eigenvalue weighted by Gasteiger charge is 2.18. The number of benzene rings is 2. The second-order valence-electron chi connectivity index (χ2n) is 6.25. The molecule has 142 valence electrons. The van der Waals surface area contributed by atoms with Gasteiger partial charge in [-0.25, -0.2) is 0 Å². The van der Waals surface area contributed by atoms with E-state index in [1.165, 1.54) is 0 Å². The summed E-state index contributed by atoms with van der Waals surface area (Å²) in [4.78, 5) is 26.3. The van der Waals surface area contributed by atoms with E-state index in [-0.39, 0.29) is 18.4 Å². The first-order valence-electron chi connectivity index (χ1n) is 8.69. The summed E-state index contributed by atoms with van der Waals surface area (Å²) in [5.41, 5.74) is 2.31. The lowest BCUT2D eigenvalue weighted by molar-refractivity contribution is -0.118. The van der Waals surface area contributed by atoms with Gasteiger partial charge in [-0.05, 0) is 64.8 Å². The molecule has 1 aliphatic heterocycles. The van der Waals surface area contributed by atoms with Gasteiger partial charge in [0.25, 0.3) is 11.8 Å². The summed E-state index contributed by atoms with van der Waals surface area (Å²) in [6, 6.07) is 12.5. The van der Waals surface area contributed by atoms with Crippen LogP contribution in [0.3, 0.4) is 0 Å². The zero-order chi connectivity index (χ0) is 19.2. The summed E-state index contributed by atoms with van der Waals surface area (Å²) in [6.45, 7) is 4.21. The summed E-state index contributed by atoms with van der Waals surface area (Å²) in [6.07, 6.45) is 0. The molecule has 1 heterocycles. The summed E-state index contributed by atoms with van der Waals surface area (Å²) in [5, 5.41) is 2.76. The number of aryl methyl sites for hydroxylation is 1. The molecule has 0 bridgehead atoms. The zero-order valence-electron chi connectivity index (χ0n) is 15.0. The molecule has 0 aromatic heterocycles. The number of ether oxygens (including phenoxy) is 2. The number of nitrogens with zero attached hydrogens (tertiary/aromatic N) is 1. The lowest BCUT2D eigenvalue weighted by atomic mass is 10.1. The van der Waals surface area contributed by atoms with Gasteiger partial charge in [0.15, 0.2) is 6.61 Å². The average Bonchev–Trinajstić information content (AvgIpc) is 2.68. The fourth-order valence-electron chi connectivity index (χ4n) is 2.71. The molecule has 0 saturated carbocycles. The largest absolute Gasteiger partial charge is 0.483 e. The van der Waals surface area contributed by atoms with Crippen LogP contribution >= 0.6 is 15.9 Å². The van der Waals surface area contributed by atoms with Crippen molar-refractivity contribution in [1.29, 1.82) is 0 Å². The topological polar surface area (TPSA) is 67.9 Å². The van der Waals surface area contributed by atoms with Crippen LogP contribution in [0.15, 0.2) is 46.9 Å². The van der Waals surface area contributed by atoms with Gasteiger partial charge in [-0.2, -0.15) is 0 Å². The fourth-order valence-corrected chi connectivity index (χ4v) is 3.32. The Morgan fingerprint density at radius 2 is 1.85 bits per heavy atom. The highest BCUT2D eigenvalue weighted by atomic mass is 79.9. The molecule has 0 unspecified atom stereocenters. The maximum Gasteiger partial charge on any atom is 0.262 e. The van der Waals surface area contributed by atoms with Crippen molar-refractivity contribution in [3.05, 3.63) is 58.1 Å². The third kappa shape index (κ3) is 5.30. The van der Waals surface area contributed by atoms with Crippen LogP contribution in [0.1, 0.15) is 15.9 Å². The van der Waals surface area contributed by atoms with Crippen LogP contribution in [0.5, 0.6) is 5.75 Å². The number of amides is 2. The lowest BCUT2D eigenvalue weighted by Gasteiger charge is -2.26. The Morgan fingerprint density at radius 3 is 2.52 bits per heavy atom. The summed E-state index contributed by atoms with van der Waals surface area (Å²) >= 11 is 3.42. The first kappa shape index (κ1) is 19.4. The maximum atomic E-state index is 12.4. The number of nitrogens with one attached hydrogen (secondary N) is 1. The zero-order valence-corrected chi connectivity index (χ0v) is 16.6. The van der Waals surface area contributed by atoms with Crippen LogP contribution in [0.25, 0.3) is 0 Å². The summed E-state index contributed by atoms with van der Waals surface area (Å²) in [5.74, 6) is 0.320. The second kappa shape index (κ2) is 9.01. The third-order valence-electron chi connectivity index (χ3n) is 4.16. The maximum absolute atomic E-state index is 12.4. The Bertz CT molecular complexity index is 817. The standard InChI is InChI=1S/C20H21BrN2O4/c1-14-2-7-18(17(21)12-14)27-13-19(24)22-16-5-3-15(4-6-16)20(25)23-8-10-26-11-9-23/h2-7,12H,8-11,13H2,1H3,(H,22,24). The van der Waals surface area contributed by atoms with Gasteiger partial charge in [-0.1, -0.05) is 6.07 Å². The van der Waals surface area contributed by atoms with E-state index in [9.17, 15) is 9.59 Å². The molecule has 1 fully saturated rings. The average molecular weight is 433 g/mol. The minimum absolute atomic E-state index is 0.0243. The minimum Gasteiger partial charge on any atom is -0.483 e. The third-order valence-corrected chi connectivity index (χ3v) is 4.78. The van der Waals surface area contributed by atoms with Crippen LogP contribution < -0.4 is 10.1 Å². The van der Waals surface area contributed by atoms with E-state index in [1.54, 1.807) is 29.2 Å². The lowest BCUT2D eigenvalue weighted by Crippen LogP contribution is -2.40. The van der Waals surface area contributed by atoms with Crippen molar-refractivity contribution < 1.29 is 19.1 Å². The Morgan fingerprint density at radius 1 is 1.15 bits per heavy atom. The van der Waals surface area contributed by atoms with Crippen molar-refractivity contribution in [3.63, 3.8) is 0 Å². The number of carbonyl (C=O) groups is 2. The predicted octanol–water partition coefficient (Wildman–Crippen LogP) is 3.25. The van der Waals surface area contributed by atoms with E-state index in [0.29, 0.717) is 43.3 Å². The number of hydrogen-bond donors (Lipinski definition) is 1. The number of halogens is 1. The molecular formula is C20H21BrN2O4. The Labute approximate surface area is 166 Å². The van der Waals surface area contributed by atoms with Gasteiger partial charge in [0, 0.05) is 24.3 Å². The van der Waals surface area contributed by atoms with Crippen LogP contribution in [0.4, 0.5) is 5.69 Å². The minimum atomic E-state index is -0.269. The van der Waals surface area contributed by atoms with Crippen molar-refractivity contribution in [3.8, 4) is 5.75 Å². The highest BCUT2D eigenvalue weighted by Crippen LogP contribution is 2.25. The van der Waals surface area contributed by atoms with Crippen LogP contribution in [0, 0.1) is 6.92 Å². The molecule has 2 amide bonds. The van der Waals surface area contributed by atoms with Crippen molar-refractivity contribution in [2.24, 2.45) is 0 Å². The number of morpholine rings is 1. The molecule has 1 N–H and O–H groups in total. The molecule has 3 rings (SSSR count). The Kier molecular flexibility index (Phi) is 6.47. The van der Waals surface area contributed by atoms with E-state index in [0.717, 1.165) is 10.0 Å². The molecule has 27 heavy (non-hydrogen) atoms. The number of anilines is 1. The molecule has 7 heteroatoms. The summed E-state index contributed by atoms with van der Waals surface area (Å²) in [7, 11) is 0. The van der Waals surface area contributed by atoms with Gasteiger partial charge in [-0.3, -0.25) is 9.59 Å². The Balaban J connectivity index is 1.52. The van der Waals surface area contributed by atoms with Gasteiger partial charge in [0.2, 0.25) is 0 Å². The molecule has 6 nitrogen and oxygen atoms in total. The predicted molar refractivity (Wildman–Crippen MR) is 106 cm³/mol. The quantitative estimate of drug-likeness (QED) is 0.787. The molecule has 1 aliphatic rings. The van der Waals surface area contributed by atoms with Gasteiger partial charge in [0.1, 0.15) is 5.75 Å². The smallest absolute Gasteiger partial charge is 0.262 e. The first-order chi connectivity index (χ1) is 13.0. The molecule has 0 spiro atoms. The van der Waals surface area contributed by atoms with E-state index in [2.05, 4.69) is 21.2 Å². The van der Waals surface area contributed by atoms with Gasteiger partial charge >= 0.3 is 0 Å². The van der Waals surface area contributed by atoms with E-state index in [4.69, 9.17) is 9.47 Å². The van der Waals surface area contributed by atoms with Crippen LogP contribution in [-0.2, 0) is 9.53 Å². The highest BCUT2D eigenvalue weighted by molar-refractivity contribution is 9.10. The fraction of sp³-hybridized carbons (Fsp3) is 0.300. The normalized spacial score (nSPS) is 13.9. The molecule has 2 aromatic carbocycles. The van der Waals surface area contributed by atoms with Crippen molar-refractivity contribution in [2.45, 2.75) is 6.92 Å². The number of rotatable bonds is 5. The second-order valence-corrected chi connectivity index (χ2v) is 7.11. The molecule has 0 atom stereocenters. The monoisotopic (exact) mass is 432 g/mol. The molecule has 1 saturated heterocycles. The van der Waals surface area contributed by atoms with Crippen LogP contribution in [-0.4, -0.2) is 49.6 Å². The first-order valence-corrected chi connectivity index (χ1v) is 9.48.